The highest BCUT2D eigenvalue weighted by Gasteiger charge is 2.55. The maximum atomic E-state index is 6.22. The van der Waals surface area contributed by atoms with Crippen molar-refractivity contribution < 1.29 is 0 Å². The minimum Gasteiger partial charge on any atom is -0.271 e. The third-order valence-electron chi connectivity index (χ3n) is 4.60. The molecule has 3 rings (SSSR count). The van der Waals surface area contributed by atoms with E-state index in [2.05, 4.69) is 5.43 Å². The van der Waals surface area contributed by atoms with Crippen molar-refractivity contribution in [2.75, 3.05) is 0 Å². The number of hydrogen-bond donors (Lipinski definition) is 2. The van der Waals surface area contributed by atoms with Gasteiger partial charge in [0.05, 0.1) is 0 Å². The summed E-state index contributed by atoms with van der Waals surface area (Å²) in [6.07, 6.45) is 5.00. The first kappa shape index (κ1) is 12.7. The van der Waals surface area contributed by atoms with Crippen molar-refractivity contribution in [1.82, 2.24) is 5.43 Å². The molecular weight excluding hydrogens is 267 g/mol. The number of fused-ring (bicyclic) bond motifs is 1. The predicted octanol–water partition coefficient (Wildman–Crippen LogP) is 3.41. The second-order valence-corrected chi connectivity index (χ2v) is 6.39. The molecule has 2 nitrogen and oxygen atoms in total. The fraction of sp³-hybridized carbons (Fsp3) is 0.571. The van der Waals surface area contributed by atoms with Crippen LogP contribution in [0, 0.1) is 17.8 Å². The van der Waals surface area contributed by atoms with Gasteiger partial charge in [-0.05, 0) is 60.8 Å². The minimum atomic E-state index is 0.330. The van der Waals surface area contributed by atoms with Crippen molar-refractivity contribution in [1.29, 1.82) is 0 Å². The van der Waals surface area contributed by atoms with Crippen LogP contribution in [0.2, 0.25) is 10.0 Å². The quantitative estimate of drug-likeness (QED) is 0.657. The van der Waals surface area contributed by atoms with E-state index in [0.29, 0.717) is 6.04 Å². The van der Waals surface area contributed by atoms with Crippen molar-refractivity contribution in [3.05, 3.63) is 33.8 Å². The number of hydrogen-bond acceptors (Lipinski definition) is 2. The van der Waals surface area contributed by atoms with Gasteiger partial charge >= 0.3 is 0 Å². The molecule has 3 N–H and O–H groups in total. The molecule has 0 aliphatic heterocycles. The molecule has 2 aliphatic carbocycles. The molecule has 0 radical (unpaired) electrons. The topological polar surface area (TPSA) is 38.0 Å². The Bertz CT molecular complexity index is 439. The van der Waals surface area contributed by atoms with Crippen molar-refractivity contribution in [2.24, 2.45) is 23.6 Å². The highest BCUT2D eigenvalue weighted by molar-refractivity contribution is 6.33. The van der Waals surface area contributed by atoms with Crippen molar-refractivity contribution in [2.45, 2.75) is 31.7 Å². The van der Waals surface area contributed by atoms with Gasteiger partial charge in [0.25, 0.3) is 0 Å². The Hall–Kier alpha value is -0.280. The van der Waals surface area contributed by atoms with Crippen LogP contribution in [0.5, 0.6) is 0 Å². The van der Waals surface area contributed by atoms with Gasteiger partial charge in [-0.1, -0.05) is 29.6 Å². The summed E-state index contributed by atoms with van der Waals surface area (Å²) in [7, 11) is 0. The van der Waals surface area contributed by atoms with Gasteiger partial charge in [-0.2, -0.15) is 0 Å². The van der Waals surface area contributed by atoms with Crippen LogP contribution in [0.4, 0.5) is 0 Å². The molecule has 0 aromatic heterocycles. The fourth-order valence-corrected chi connectivity index (χ4v) is 4.11. The first-order chi connectivity index (χ1) is 8.70. The highest BCUT2D eigenvalue weighted by atomic mass is 35.5. The summed E-state index contributed by atoms with van der Waals surface area (Å²) < 4.78 is 0. The van der Waals surface area contributed by atoms with Crippen LogP contribution in [-0.2, 0) is 6.42 Å². The van der Waals surface area contributed by atoms with Gasteiger partial charge in [0, 0.05) is 16.1 Å². The maximum absolute atomic E-state index is 6.22. The molecule has 0 amide bonds. The summed E-state index contributed by atoms with van der Waals surface area (Å²) >= 11 is 12.2. The van der Waals surface area contributed by atoms with E-state index in [-0.39, 0.29) is 0 Å². The van der Waals surface area contributed by atoms with Gasteiger partial charge in [-0.15, -0.1) is 0 Å². The third kappa shape index (κ3) is 2.27. The molecule has 3 unspecified atom stereocenters. The fourth-order valence-electron chi connectivity index (χ4n) is 3.72. The van der Waals surface area contributed by atoms with E-state index in [0.717, 1.165) is 39.8 Å². The summed E-state index contributed by atoms with van der Waals surface area (Å²) in [6, 6.07) is 5.97. The Kier molecular flexibility index (Phi) is 3.55. The van der Waals surface area contributed by atoms with E-state index < -0.39 is 0 Å². The van der Waals surface area contributed by atoms with Gasteiger partial charge in [-0.3, -0.25) is 11.3 Å². The number of nitrogens with two attached hydrogens (primary N) is 1. The Morgan fingerprint density at radius 2 is 2.00 bits per heavy atom. The number of nitrogens with one attached hydrogen (secondary N) is 1. The molecule has 2 fully saturated rings. The Balaban J connectivity index is 1.72. The smallest absolute Gasteiger partial charge is 0.0439 e. The summed E-state index contributed by atoms with van der Waals surface area (Å²) in [5, 5.41) is 1.52. The molecule has 2 aliphatic rings. The van der Waals surface area contributed by atoms with Crippen LogP contribution in [0.25, 0.3) is 0 Å². The lowest BCUT2D eigenvalue weighted by atomic mass is 9.97. The van der Waals surface area contributed by atoms with Gasteiger partial charge < -0.3 is 0 Å². The zero-order chi connectivity index (χ0) is 12.7. The summed E-state index contributed by atoms with van der Waals surface area (Å²) in [4.78, 5) is 0. The van der Waals surface area contributed by atoms with Crippen molar-refractivity contribution >= 4 is 23.2 Å². The molecule has 18 heavy (non-hydrogen) atoms. The molecular formula is C14H18Cl2N2. The van der Waals surface area contributed by atoms with E-state index in [1.165, 1.54) is 19.3 Å². The molecule has 3 atom stereocenters. The van der Waals surface area contributed by atoms with Gasteiger partial charge in [0.1, 0.15) is 0 Å². The van der Waals surface area contributed by atoms with Crippen LogP contribution in [0.1, 0.15) is 24.8 Å². The van der Waals surface area contributed by atoms with E-state index in [4.69, 9.17) is 29.0 Å². The van der Waals surface area contributed by atoms with E-state index in [9.17, 15) is 0 Å². The summed E-state index contributed by atoms with van der Waals surface area (Å²) in [5.74, 6) is 8.25. The monoisotopic (exact) mass is 284 g/mol. The van der Waals surface area contributed by atoms with Gasteiger partial charge in [0.2, 0.25) is 0 Å². The Labute approximate surface area is 118 Å². The molecule has 1 aromatic rings. The molecule has 4 heteroatoms. The highest BCUT2D eigenvalue weighted by Crippen LogP contribution is 2.59. The molecule has 98 valence electrons. The molecule has 1 aromatic carbocycles. The van der Waals surface area contributed by atoms with E-state index >= 15 is 0 Å². The lowest BCUT2D eigenvalue weighted by molar-refractivity contribution is 0.410. The van der Waals surface area contributed by atoms with Crippen LogP contribution in [-0.4, -0.2) is 6.04 Å². The number of hydrazine groups is 1. The first-order valence-corrected chi connectivity index (χ1v) is 7.36. The average molecular weight is 285 g/mol. The maximum Gasteiger partial charge on any atom is 0.0439 e. The normalized spacial score (nSPS) is 31.2. The van der Waals surface area contributed by atoms with Crippen LogP contribution in [0.15, 0.2) is 18.2 Å². The number of benzene rings is 1. The average Bonchev–Trinajstić information content (AvgIpc) is 2.83. The third-order valence-corrected chi connectivity index (χ3v) is 5.20. The van der Waals surface area contributed by atoms with Crippen LogP contribution >= 0.6 is 23.2 Å². The van der Waals surface area contributed by atoms with E-state index in [1.54, 1.807) is 0 Å². The Morgan fingerprint density at radius 3 is 2.67 bits per heavy atom. The standard InChI is InChI=1S/C14H18Cl2N2/c15-9-4-5-12(16)8(6-9)7-13(18-17)14-10-2-1-3-11(10)14/h4-6,10-11,13-14,18H,1-3,7,17H2. The molecule has 2 saturated carbocycles. The van der Waals surface area contributed by atoms with Crippen LogP contribution < -0.4 is 11.3 Å². The number of halogens is 2. The zero-order valence-corrected chi connectivity index (χ0v) is 11.7. The van der Waals surface area contributed by atoms with Crippen LogP contribution in [0.3, 0.4) is 0 Å². The predicted molar refractivity (Wildman–Crippen MR) is 75.6 cm³/mol. The molecule has 0 saturated heterocycles. The van der Waals surface area contributed by atoms with Gasteiger partial charge in [-0.25, -0.2) is 0 Å². The molecule has 0 bridgehead atoms. The molecule has 0 heterocycles. The Morgan fingerprint density at radius 1 is 1.28 bits per heavy atom. The van der Waals surface area contributed by atoms with E-state index in [1.807, 2.05) is 18.2 Å². The second kappa shape index (κ2) is 5.01. The van der Waals surface area contributed by atoms with Crippen molar-refractivity contribution in [3.63, 3.8) is 0 Å². The molecule has 0 spiro atoms. The second-order valence-electron chi connectivity index (χ2n) is 5.55. The summed E-state index contributed by atoms with van der Waals surface area (Å²) in [5.41, 5.74) is 4.08. The zero-order valence-electron chi connectivity index (χ0n) is 10.2. The lowest BCUT2D eigenvalue weighted by Crippen LogP contribution is -2.39. The minimum absolute atomic E-state index is 0.330. The van der Waals surface area contributed by atoms with Gasteiger partial charge in [0.15, 0.2) is 0 Å². The first-order valence-electron chi connectivity index (χ1n) is 6.60. The van der Waals surface area contributed by atoms with Crippen molar-refractivity contribution in [3.8, 4) is 0 Å². The summed E-state index contributed by atoms with van der Waals surface area (Å²) in [6.45, 7) is 0. The SMILES string of the molecule is NNC(Cc1cc(Cl)ccc1Cl)C1C2CCCC21. The number of rotatable bonds is 4. The lowest BCUT2D eigenvalue weighted by Gasteiger charge is -2.18. The largest absolute Gasteiger partial charge is 0.271 e.